The van der Waals surface area contributed by atoms with Crippen molar-refractivity contribution < 1.29 is 19.0 Å². The van der Waals surface area contributed by atoms with Crippen molar-refractivity contribution in [2.24, 2.45) is 0 Å². The van der Waals surface area contributed by atoms with E-state index in [-0.39, 0.29) is 6.61 Å². The van der Waals surface area contributed by atoms with E-state index in [4.69, 9.17) is 19.9 Å². The Hall–Kier alpha value is -2.89. The lowest BCUT2D eigenvalue weighted by molar-refractivity contribution is -0.144. The van der Waals surface area contributed by atoms with E-state index in [1.54, 1.807) is 32.2 Å². The van der Waals surface area contributed by atoms with Crippen LogP contribution in [-0.4, -0.2) is 26.8 Å². The molecule has 2 rings (SSSR count). The maximum Gasteiger partial charge on any atom is 0.333 e. The summed E-state index contributed by atoms with van der Waals surface area (Å²) >= 11 is 0. The standard InChI is InChI=1S/C18H22N2O4/c1-4-24-18(21)17(12-9-10-13(19)16(11-12)23-3)20-14-7-5-6-8-15(14)22-2/h5-11,17,20H,4,19H2,1-3H3. The summed E-state index contributed by atoms with van der Waals surface area (Å²) in [5.74, 6) is 0.744. The maximum atomic E-state index is 12.4. The summed E-state index contributed by atoms with van der Waals surface area (Å²) in [5.41, 5.74) is 7.73. The van der Waals surface area contributed by atoms with Crippen LogP contribution in [0.3, 0.4) is 0 Å². The van der Waals surface area contributed by atoms with Gasteiger partial charge in [0.2, 0.25) is 0 Å². The minimum atomic E-state index is -0.712. The topological polar surface area (TPSA) is 82.8 Å². The average molecular weight is 330 g/mol. The summed E-state index contributed by atoms with van der Waals surface area (Å²) in [6.45, 7) is 2.05. The van der Waals surface area contributed by atoms with Crippen LogP contribution in [-0.2, 0) is 9.53 Å². The molecular weight excluding hydrogens is 308 g/mol. The van der Waals surface area contributed by atoms with Crippen molar-refractivity contribution in [1.29, 1.82) is 0 Å². The second-order valence-corrected chi connectivity index (χ2v) is 5.03. The van der Waals surface area contributed by atoms with Crippen LogP contribution >= 0.6 is 0 Å². The van der Waals surface area contributed by atoms with Crippen LogP contribution in [0, 0.1) is 0 Å². The molecule has 3 N–H and O–H groups in total. The Morgan fingerprint density at radius 2 is 1.83 bits per heavy atom. The number of hydrogen-bond acceptors (Lipinski definition) is 6. The molecule has 1 unspecified atom stereocenters. The molecule has 0 bridgehead atoms. The third-order valence-electron chi connectivity index (χ3n) is 3.52. The summed E-state index contributed by atoms with van der Waals surface area (Å²) in [5, 5.41) is 3.17. The van der Waals surface area contributed by atoms with Crippen LogP contribution in [0.5, 0.6) is 11.5 Å². The molecular formula is C18H22N2O4. The monoisotopic (exact) mass is 330 g/mol. The van der Waals surface area contributed by atoms with Gasteiger partial charge in [-0.15, -0.1) is 0 Å². The highest BCUT2D eigenvalue weighted by Gasteiger charge is 2.24. The molecule has 1 atom stereocenters. The van der Waals surface area contributed by atoms with Crippen LogP contribution in [0.4, 0.5) is 11.4 Å². The van der Waals surface area contributed by atoms with Gasteiger partial charge < -0.3 is 25.3 Å². The number of benzene rings is 2. The zero-order valence-electron chi connectivity index (χ0n) is 14.0. The molecule has 0 aliphatic heterocycles. The third-order valence-corrected chi connectivity index (χ3v) is 3.52. The lowest BCUT2D eigenvalue weighted by Gasteiger charge is -2.21. The second kappa shape index (κ2) is 8.10. The van der Waals surface area contributed by atoms with Crippen LogP contribution in [0.25, 0.3) is 0 Å². The van der Waals surface area contributed by atoms with Gasteiger partial charge in [-0.3, -0.25) is 0 Å². The van der Waals surface area contributed by atoms with E-state index < -0.39 is 12.0 Å². The molecule has 6 nitrogen and oxygen atoms in total. The number of nitrogens with two attached hydrogens (primary N) is 1. The van der Waals surface area contributed by atoms with E-state index in [1.807, 2.05) is 24.3 Å². The Kier molecular flexibility index (Phi) is 5.89. The Morgan fingerprint density at radius 3 is 2.50 bits per heavy atom. The fraction of sp³-hybridized carbons (Fsp3) is 0.278. The third kappa shape index (κ3) is 3.90. The Balaban J connectivity index is 2.40. The number of rotatable bonds is 7. The zero-order valence-corrected chi connectivity index (χ0v) is 14.0. The van der Waals surface area contributed by atoms with Crippen LogP contribution in [0.1, 0.15) is 18.5 Å². The summed E-state index contributed by atoms with van der Waals surface area (Å²) < 4.78 is 15.8. The second-order valence-electron chi connectivity index (χ2n) is 5.03. The van der Waals surface area contributed by atoms with Crippen molar-refractivity contribution in [3.8, 4) is 11.5 Å². The molecule has 0 radical (unpaired) electrons. The number of carbonyl (C=O) groups is 1. The zero-order chi connectivity index (χ0) is 17.5. The van der Waals surface area contributed by atoms with Crippen molar-refractivity contribution in [3.05, 3.63) is 48.0 Å². The molecule has 0 amide bonds. The number of esters is 1. The van der Waals surface area contributed by atoms with Crippen LogP contribution < -0.4 is 20.5 Å². The van der Waals surface area contributed by atoms with Gasteiger partial charge in [-0.05, 0) is 36.8 Å². The lowest BCUT2D eigenvalue weighted by atomic mass is 10.1. The first kappa shape index (κ1) is 17.5. The fourth-order valence-corrected chi connectivity index (χ4v) is 2.33. The molecule has 0 saturated carbocycles. The van der Waals surface area contributed by atoms with Gasteiger partial charge in [-0.25, -0.2) is 4.79 Å². The van der Waals surface area contributed by atoms with Gasteiger partial charge in [-0.2, -0.15) is 0 Å². The number of para-hydroxylation sites is 2. The molecule has 2 aromatic carbocycles. The van der Waals surface area contributed by atoms with E-state index in [2.05, 4.69) is 5.32 Å². The van der Waals surface area contributed by atoms with Crippen LogP contribution in [0.15, 0.2) is 42.5 Å². The van der Waals surface area contributed by atoms with Gasteiger partial charge in [0, 0.05) is 0 Å². The highest BCUT2D eigenvalue weighted by molar-refractivity contribution is 5.82. The van der Waals surface area contributed by atoms with Gasteiger partial charge in [0.25, 0.3) is 0 Å². The number of nitrogens with one attached hydrogen (secondary N) is 1. The first-order valence-corrected chi connectivity index (χ1v) is 7.60. The predicted molar refractivity (Wildman–Crippen MR) is 93.4 cm³/mol. The summed E-state index contributed by atoms with van der Waals surface area (Å²) in [7, 11) is 3.11. The highest BCUT2D eigenvalue weighted by Crippen LogP contribution is 2.31. The van der Waals surface area contributed by atoms with E-state index in [9.17, 15) is 4.79 Å². The summed E-state index contributed by atoms with van der Waals surface area (Å²) in [4.78, 5) is 12.4. The Bertz CT molecular complexity index is 703. The van der Waals surface area contributed by atoms with Crippen molar-refractivity contribution >= 4 is 17.3 Å². The molecule has 0 spiro atoms. The SMILES string of the molecule is CCOC(=O)C(Nc1ccccc1OC)c1ccc(N)c(OC)c1. The van der Waals surface area contributed by atoms with Crippen molar-refractivity contribution in [3.63, 3.8) is 0 Å². The number of anilines is 2. The van der Waals surface area contributed by atoms with Gasteiger partial charge in [0.15, 0.2) is 6.04 Å². The van der Waals surface area contributed by atoms with Gasteiger partial charge in [0.05, 0.1) is 32.2 Å². The number of ether oxygens (including phenoxy) is 3. The van der Waals surface area contributed by atoms with Gasteiger partial charge in [0.1, 0.15) is 11.5 Å². The molecule has 2 aromatic rings. The molecule has 0 aliphatic rings. The molecule has 0 fully saturated rings. The predicted octanol–water partition coefficient (Wildman–Crippen LogP) is 3.00. The largest absolute Gasteiger partial charge is 0.495 e. The summed E-state index contributed by atoms with van der Waals surface area (Å²) in [6.07, 6.45) is 0. The van der Waals surface area contributed by atoms with Gasteiger partial charge in [-0.1, -0.05) is 18.2 Å². The minimum Gasteiger partial charge on any atom is -0.495 e. The molecule has 24 heavy (non-hydrogen) atoms. The molecule has 0 heterocycles. The first-order valence-electron chi connectivity index (χ1n) is 7.60. The normalized spacial score (nSPS) is 11.5. The van der Waals surface area contributed by atoms with Gasteiger partial charge >= 0.3 is 5.97 Å². The maximum absolute atomic E-state index is 12.4. The summed E-state index contributed by atoms with van der Waals surface area (Å²) in [6, 6.07) is 11.8. The number of nitrogen functional groups attached to an aromatic ring is 1. The smallest absolute Gasteiger partial charge is 0.333 e. The van der Waals surface area contributed by atoms with E-state index in [0.717, 1.165) is 0 Å². The molecule has 128 valence electrons. The number of methoxy groups -OCH3 is 2. The Labute approximate surface area is 141 Å². The van der Waals surface area contributed by atoms with Crippen LogP contribution in [0.2, 0.25) is 0 Å². The minimum absolute atomic E-state index is 0.287. The van der Waals surface area contributed by atoms with E-state index in [0.29, 0.717) is 28.4 Å². The van der Waals surface area contributed by atoms with E-state index >= 15 is 0 Å². The van der Waals surface area contributed by atoms with Crippen molar-refractivity contribution in [2.45, 2.75) is 13.0 Å². The first-order chi connectivity index (χ1) is 11.6. The molecule has 6 heteroatoms. The average Bonchev–Trinajstić information content (AvgIpc) is 2.60. The lowest BCUT2D eigenvalue weighted by Crippen LogP contribution is -2.23. The molecule has 0 saturated heterocycles. The number of carbonyl (C=O) groups excluding carboxylic acids is 1. The van der Waals surface area contributed by atoms with Crippen molar-refractivity contribution in [1.82, 2.24) is 0 Å². The number of hydrogen-bond donors (Lipinski definition) is 2. The Morgan fingerprint density at radius 1 is 1.12 bits per heavy atom. The fourth-order valence-electron chi connectivity index (χ4n) is 2.33. The quantitative estimate of drug-likeness (QED) is 0.600. The molecule has 0 aliphatic carbocycles. The van der Waals surface area contributed by atoms with E-state index in [1.165, 1.54) is 7.11 Å². The highest BCUT2D eigenvalue weighted by atomic mass is 16.5. The van der Waals surface area contributed by atoms with Crippen molar-refractivity contribution in [2.75, 3.05) is 31.9 Å². The molecule has 0 aromatic heterocycles.